The van der Waals surface area contributed by atoms with E-state index in [1.807, 2.05) is 13.8 Å². The topological polar surface area (TPSA) is 29.5 Å². The maximum atomic E-state index is 11.4. The third kappa shape index (κ3) is 2.42. The van der Waals surface area contributed by atoms with Gasteiger partial charge in [-0.05, 0) is 48.4 Å². The van der Waals surface area contributed by atoms with Crippen LogP contribution in [0.1, 0.15) is 27.7 Å². The normalized spacial score (nSPS) is 26.4. The highest BCUT2D eigenvalue weighted by Crippen LogP contribution is 2.35. The largest absolute Gasteiger partial charge is 0.449 e. The maximum Gasteiger partial charge on any atom is 0.346 e. The lowest BCUT2D eigenvalue weighted by atomic mass is 9.98. The van der Waals surface area contributed by atoms with Gasteiger partial charge in [0.25, 0.3) is 0 Å². The Morgan fingerprint density at radius 1 is 1.40 bits per heavy atom. The molecular weight excluding hydrogens is 258 g/mol. The molecule has 0 spiro atoms. The average molecular weight is 276 g/mol. The van der Waals surface area contributed by atoms with Crippen molar-refractivity contribution in [3.63, 3.8) is 0 Å². The van der Waals surface area contributed by atoms with E-state index < -0.39 is 5.60 Å². The summed E-state index contributed by atoms with van der Waals surface area (Å²) in [6, 6.07) is 0. The van der Waals surface area contributed by atoms with E-state index in [1.165, 1.54) is 0 Å². The molecule has 0 aromatic carbocycles. The highest BCUT2D eigenvalue weighted by atomic mass is 79.9. The van der Waals surface area contributed by atoms with Crippen LogP contribution in [0, 0.1) is 0 Å². The second-order valence-electron chi connectivity index (χ2n) is 4.02. The number of carbonyl (C=O) groups is 1. The van der Waals surface area contributed by atoms with E-state index in [9.17, 15) is 4.79 Å². The summed E-state index contributed by atoms with van der Waals surface area (Å²) in [6.45, 7) is 10.8. The van der Waals surface area contributed by atoms with Crippen molar-refractivity contribution in [2.24, 2.45) is 0 Å². The van der Waals surface area contributed by atoms with Crippen molar-refractivity contribution in [3.8, 4) is 0 Å². The van der Waals surface area contributed by atoms with Crippen molar-refractivity contribution >= 4 is 21.9 Å². The van der Waals surface area contributed by atoms with Crippen LogP contribution in [0.15, 0.2) is 10.1 Å². The van der Waals surface area contributed by atoms with Gasteiger partial charge >= 0.3 is 5.97 Å². The quantitative estimate of drug-likeness (QED) is 0.738. The van der Waals surface area contributed by atoms with Gasteiger partial charge in [-0.1, -0.05) is 13.8 Å². The van der Waals surface area contributed by atoms with Gasteiger partial charge in [-0.2, -0.15) is 0 Å². The Morgan fingerprint density at radius 3 is 2.27 bits per heavy atom. The molecule has 0 fully saturated rings. The molecular formula is C11H18BrNO2. The molecule has 1 rings (SSSR count). The van der Waals surface area contributed by atoms with Crippen LogP contribution >= 0.6 is 15.9 Å². The van der Waals surface area contributed by atoms with Crippen LogP contribution in [-0.2, 0) is 9.53 Å². The SMILES string of the molecule is CCN(CC)CC1(C)OC(=O)C(Br)=C1C. The van der Waals surface area contributed by atoms with Gasteiger partial charge in [0.15, 0.2) is 0 Å². The molecule has 0 aliphatic carbocycles. The van der Waals surface area contributed by atoms with E-state index >= 15 is 0 Å². The lowest BCUT2D eigenvalue weighted by molar-refractivity contribution is -0.146. The van der Waals surface area contributed by atoms with Crippen molar-refractivity contribution < 1.29 is 9.53 Å². The monoisotopic (exact) mass is 275 g/mol. The number of hydrogen-bond acceptors (Lipinski definition) is 3. The van der Waals surface area contributed by atoms with Gasteiger partial charge in [-0.15, -0.1) is 0 Å². The van der Waals surface area contributed by atoms with Crippen molar-refractivity contribution in [3.05, 3.63) is 10.1 Å². The summed E-state index contributed by atoms with van der Waals surface area (Å²) < 4.78 is 5.99. The van der Waals surface area contributed by atoms with Crippen LogP contribution in [0.25, 0.3) is 0 Å². The fourth-order valence-electron chi connectivity index (χ4n) is 1.74. The molecule has 1 unspecified atom stereocenters. The Kier molecular flexibility index (Phi) is 3.95. The van der Waals surface area contributed by atoms with Crippen LogP contribution in [-0.4, -0.2) is 36.1 Å². The number of hydrogen-bond donors (Lipinski definition) is 0. The summed E-state index contributed by atoms with van der Waals surface area (Å²) >= 11 is 3.26. The van der Waals surface area contributed by atoms with E-state index in [1.54, 1.807) is 0 Å². The molecule has 0 amide bonds. The second kappa shape index (κ2) is 4.66. The zero-order valence-corrected chi connectivity index (χ0v) is 11.3. The molecule has 1 aliphatic rings. The molecule has 0 saturated heterocycles. The average Bonchev–Trinajstić information content (AvgIpc) is 2.40. The fraction of sp³-hybridized carbons (Fsp3) is 0.727. The van der Waals surface area contributed by atoms with Crippen molar-refractivity contribution in [1.82, 2.24) is 4.90 Å². The third-order valence-electron chi connectivity index (χ3n) is 3.04. The Morgan fingerprint density at radius 2 is 1.93 bits per heavy atom. The summed E-state index contributed by atoms with van der Waals surface area (Å²) in [5, 5.41) is 0. The first-order valence-electron chi connectivity index (χ1n) is 5.27. The van der Waals surface area contributed by atoms with Gasteiger partial charge in [0, 0.05) is 6.54 Å². The van der Waals surface area contributed by atoms with Crippen molar-refractivity contribution in [1.29, 1.82) is 0 Å². The minimum atomic E-state index is -0.470. The number of carbonyl (C=O) groups excluding carboxylic acids is 1. The van der Waals surface area contributed by atoms with Gasteiger partial charge in [0.05, 0.1) is 0 Å². The minimum Gasteiger partial charge on any atom is -0.449 e. The molecule has 15 heavy (non-hydrogen) atoms. The summed E-state index contributed by atoms with van der Waals surface area (Å²) in [4.78, 5) is 13.7. The Hall–Kier alpha value is -0.350. The van der Waals surface area contributed by atoms with Gasteiger partial charge in [-0.25, -0.2) is 4.79 Å². The van der Waals surface area contributed by atoms with E-state index in [-0.39, 0.29) is 5.97 Å². The van der Waals surface area contributed by atoms with E-state index in [0.29, 0.717) is 4.48 Å². The molecule has 1 aliphatic heterocycles. The lowest BCUT2D eigenvalue weighted by Crippen LogP contribution is -2.42. The van der Waals surface area contributed by atoms with Gasteiger partial charge in [0.2, 0.25) is 0 Å². The first-order chi connectivity index (χ1) is 6.94. The first kappa shape index (κ1) is 12.7. The second-order valence-corrected chi connectivity index (χ2v) is 4.81. The molecule has 0 aromatic rings. The number of nitrogens with zero attached hydrogens (tertiary/aromatic N) is 1. The molecule has 0 saturated carbocycles. The van der Waals surface area contributed by atoms with Crippen molar-refractivity contribution in [2.75, 3.05) is 19.6 Å². The number of halogens is 1. The molecule has 0 bridgehead atoms. The first-order valence-corrected chi connectivity index (χ1v) is 6.06. The van der Waals surface area contributed by atoms with Crippen molar-refractivity contribution in [2.45, 2.75) is 33.3 Å². The number of likely N-dealkylation sites (N-methyl/N-ethyl adjacent to an activating group) is 1. The number of cyclic esters (lactones) is 1. The van der Waals surface area contributed by atoms with Crippen LogP contribution in [0.4, 0.5) is 0 Å². The van der Waals surface area contributed by atoms with Crippen LogP contribution < -0.4 is 0 Å². The number of ether oxygens (including phenoxy) is 1. The zero-order valence-electron chi connectivity index (χ0n) is 9.76. The summed E-state index contributed by atoms with van der Waals surface area (Å²) in [5.41, 5.74) is 0.515. The van der Waals surface area contributed by atoms with Crippen LogP contribution in [0.5, 0.6) is 0 Å². The Labute approximate surface area is 99.6 Å². The molecule has 86 valence electrons. The molecule has 0 aromatic heterocycles. The smallest absolute Gasteiger partial charge is 0.346 e. The fourth-order valence-corrected chi connectivity index (χ4v) is 2.24. The summed E-state index contributed by atoms with van der Waals surface area (Å²) in [7, 11) is 0. The maximum absolute atomic E-state index is 11.4. The Bertz CT molecular complexity index is 297. The predicted octanol–water partition coefficient (Wildman–Crippen LogP) is 2.31. The summed E-state index contributed by atoms with van der Waals surface area (Å²) in [5.74, 6) is -0.248. The van der Waals surface area contributed by atoms with Gasteiger partial charge < -0.3 is 4.74 Å². The highest BCUT2D eigenvalue weighted by molar-refractivity contribution is 9.12. The summed E-state index contributed by atoms with van der Waals surface area (Å²) in [6.07, 6.45) is 0. The van der Waals surface area contributed by atoms with Crippen LogP contribution in [0.3, 0.4) is 0 Å². The highest BCUT2D eigenvalue weighted by Gasteiger charge is 2.41. The lowest BCUT2D eigenvalue weighted by Gasteiger charge is -2.31. The minimum absolute atomic E-state index is 0.248. The molecule has 0 radical (unpaired) electrons. The zero-order chi connectivity index (χ0) is 11.6. The number of rotatable bonds is 4. The molecule has 1 heterocycles. The van der Waals surface area contributed by atoms with Gasteiger partial charge in [-0.3, -0.25) is 4.90 Å². The molecule has 1 atom stereocenters. The van der Waals surface area contributed by atoms with Crippen LogP contribution in [0.2, 0.25) is 0 Å². The molecule has 3 nitrogen and oxygen atoms in total. The number of esters is 1. The predicted molar refractivity (Wildman–Crippen MR) is 63.9 cm³/mol. The van der Waals surface area contributed by atoms with E-state index in [2.05, 4.69) is 34.7 Å². The Balaban J connectivity index is 2.82. The van der Waals surface area contributed by atoms with E-state index in [0.717, 1.165) is 25.2 Å². The molecule has 4 heteroatoms. The van der Waals surface area contributed by atoms with Gasteiger partial charge in [0.1, 0.15) is 10.1 Å². The third-order valence-corrected chi connectivity index (χ3v) is 3.96. The van der Waals surface area contributed by atoms with E-state index in [4.69, 9.17) is 4.74 Å². The molecule has 0 N–H and O–H groups in total. The standard InChI is InChI=1S/C11H18BrNO2/c1-5-13(6-2)7-11(4)8(3)9(12)10(14)15-11/h5-7H2,1-4H3.